The number of hydrogen-bond acceptors (Lipinski definition) is 5. The Hall–Kier alpha value is -3.39. The summed E-state index contributed by atoms with van der Waals surface area (Å²) in [6, 6.07) is 11.9. The Bertz CT molecular complexity index is 1040. The average Bonchev–Trinajstić information content (AvgIpc) is 3.10. The van der Waals surface area contributed by atoms with E-state index < -0.39 is 36.2 Å². The van der Waals surface area contributed by atoms with Gasteiger partial charge in [0.1, 0.15) is 0 Å². The SMILES string of the molecule is Cc1cccc(NC(=O)COC(=O)[C@H]2CC(=O)N(NC(=O)c3ccccc3Cl)C2)c1C. The summed E-state index contributed by atoms with van der Waals surface area (Å²) >= 11 is 5.99. The molecule has 8 nitrogen and oxygen atoms in total. The van der Waals surface area contributed by atoms with E-state index in [2.05, 4.69) is 10.7 Å². The van der Waals surface area contributed by atoms with Crippen LogP contribution in [0.2, 0.25) is 5.02 Å². The molecule has 0 unspecified atom stereocenters. The van der Waals surface area contributed by atoms with Crippen molar-refractivity contribution in [3.8, 4) is 0 Å². The lowest BCUT2D eigenvalue weighted by Gasteiger charge is -2.18. The molecule has 0 aromatic heterocycles. The van der Waals surface area contributed by atoms with E-state index in [0.717, 1.165) is 16.1 Å². The van der Waals surface area contributed by atoms with Gasteiger partial charge >= 0.3 is 5.97 Å². The van der Waals surface area contributed by atoms with Gasteiger partial charge in [-0.25, -0.2) is 0 Å². The highest BCUT2D eigenvalue weighted by molar-refractivity contribution is 6.33. The van der Waals surface area contributed by atoms with E-state index in [9.17, 15) is 19.2 Å². The molecule has 0 bridgehead atoms. The molecule has 31 heavy (non-hydrogen) atoms. The molecular weight excluding hydrogens is 422 g/mol. The van der Waals surface area contributed by atoms with Crippen LogP contribution in [0.5, 0.6) is 0 Å². The summed E-state index contributed by atoms with van der Waals surface area (Å²) in [5, 5.41) is 4.01. The Kier molecular flexibility index (Phi) is 6.91. The summed E-state index contributed by atoms with van der Waals surface area (Å²) in [5.74, 6) is -2.93. The first-order valence-corrected chi connectivity index (χ1v) is 10.0. The van der Waals surface area contributed by atoms with Crippen LogP contribution in [0.25, 0.3) is 0 Å². The Labute approximate surface area is 184 Å². The highest BCUT2D eigenvalue weighted by atomic mass is 35.5. The first kappa shape index (κ1) is 22.3. The van der Waals surface area contributed by atoms with Crippen molar-refractivity contribution in [3.05, 3.63) is 64.2 Å². The minimum absolute atomic E-state index is 0.0491. The van der Waals surface area contributed by atoms with Crippen LogP contribution in [-0.2, 0) is 19.1 Å². The quantitative estimate of drug-likeness (QED) is 0.668. The number of amides is 3. The van der Waals surface area contributed by atoms with Crippen LogP contribution in [0.3, 0.4) is 0 Å². The van der Waals surface area contributed by atoms with E-state index >= 15 is 0 Å². The Morgan fingerprint density at radius 1 is 1.13 bits per heavy atom. The number of halogens is 1. The molecule has 162 valence electrons. The lowest BCUT2D eigenvalue weighted by atomic mass is 10.1. The van der Waals surface area contributed by atoms with Crippen LogP contribution in [-0.4, -0.2) is 41.9 Å². The summed E-state index contributed by atoms with van der Waals surface area (Å²) in [6.07, 6.45) is -0.125. The molecule has 1 saturated heterocycles. The van der Waals surface area contributed by atoms with Crippen LogP contribution < -0.4 is 10.7 Å². The van der Waals surface area contributed by atoms with Crippen molar-refractivity contribution in [2.24, 2.45) is 5.92 Å². The molecule has 2 N–H and O–H groups in total. The Balaban J connectivity index is 1.51. The molecular formula is C22H22ClN3O5. The molecule has 1 heterocycles. The minimum Gasteiger partial charge on any atom is -0.455 e. The number of carbonyl (C=O) groups is 4. The van der Waals surface area contributed by atoms with Crippen LogP contribution in [0.1, 0.15) is 27.9 Å². The smallest absolute Gasteiger partial charge is 0.311 e. The van der Waals surface area contributed by atoms with Crippen LogP contribution in [0.15, 0.2) is 42.5 Å². The maximum Gasteiger partial charge on any atom is 0.311 e. The molecule has 3 rings (SSSR count). The van der Waals surface area contributed by atoms with Gasteiger partial charge in [-0.3, -0.25) is 29.6 Å². The summed E-state index contributed by atoms with van der Waals surface area (Å²) in [7, 11) is 0. The molecule has 0 aliphatic carbocycles. The van der Waals surface area contributed by atoms with E-state index in [1.807, 2.05) is 26.0 Å². The zero-order valence-electron chi connectivity index (χ0n) is 17.1. The topological polar surface area (TPSA) is 105 Å². The summed E-state index contributed by atoms with van der Waals surface area (Å²) in [4.78, 5) is 48.9. The molecule has 1 aliphatic rings. The van der Waals surface area contributed by atoms with Gasteiger partial charge in [0.05, 0.1) is 23.0 Å². The van der Waals surface area contributed by atoms with Crippen molar-refractivity contribution in [1.82, 2.24) is 10.4 Å². The second kappa shape index (κ2) is 9.61. The van der Waals surface area contributed by atoms with Gasteiger partial charge in [-0.05, 0) is 43.2 Å². The first-order chi connectivity index (χ1) is 14.8. The van der Waals surface area contributed by atoms with Crippen LogP contribution >= 0.6 is 11.6 Å². The molecule has 0 radical (unpaired) electrons. The number of anilines is 1. The largest absolute Gasteiger partial charge is 0.455 e. The van der Waals surface area contributed by atoms with E-state index in [1.54, 1.807) is 24.3 Å². The Morgan fingerprint density at radius 3 is 2.61 bits per heavy atom. The van der Waals surface area contributed by atoms with Gasteiger partial charge in [-0.2, -0.15) is 0 Å². The highest BCUT2D eigenvalue weighted by Crippen LogP contribution is 2.20. The number of ether oxygens (including phenoxy) is 1. The predicted molar refractivity (Wildman–Crippen MR) is 114 cm³/mol. The average molecular weight is 444 g/mol. The number of hydrogen-bond donors (Lipinski definition) is 2. The molecule has 0 saturated carbocycles. The number of esters is 1. The second-order valence-corrected chi connectivity index (χ2v) is 7.64. The van der Waals surface area contributed by atoms with Crippen molar-refractivity contribution in [2.45, 2.75) is 20.3 Å². The third-order valence-corrected chi connectivity index (χ3v) is 5.37. The van der Waals surface area contributed by atoms with E-state index in [0.29, 0.717) is 5.69 Å². The monoisotopic (exact) mass is 443 g/mol. The molecule has 3 amide bonds. The highest BCUT2D eigenvalue weighted by Gasteiger charge is 2.37. The Morgan fingerprint density at radius 2 is 1.87 bits per heavy atom. The van der Waals surface area contributed by atoms with Crippen molar-refractivity contribution < 1.29 is 23.9 Å². The van der Waals surface area contributed by atoms with Crippen LogP contribution in [0, 0.1) is 19.8 Å². The zero-order chi connectivity index (χ0) is 22.5. The number of carbonyl (C=O) groups excluding carboxylic acids is 4. The van der Waals surface area contributed by atoms with Gasteiger partial charge < -0.3 is 10.1 Å². The van der Waals surface area contributed by atoms with Gasteiger partial charge in [-0.1, -0.05) is 35.9 Å². The lowest BCUT2D eigenvalue weighted by Crippen LogP contribution is -2.43. The zero-order valence-corrected chi connectivity index (χ0v) is 17.9. The maximum atomic E-state index is 12.3. The third-order valence-electron chi connectivity index (χ3n) is 5.04. The first-order valence-electron chi connectivity index (χ1n) is 9.65. The number of rotatable bonds is 6. The number of benzene rings is 2. The second-order valence-electron chi connectivity index (χ2n) is 7.23. The van der Waals surface area contributed by atoms with Crippen LogP contribution in [0.4, 0.5) is 5.69 Å². The molecule has 0 spiro atoms. The fraction of sp³-hybridized carbons (Fsp3) is 0.273. The number of nitrogens with zero attached hydrogens (tertiary/aromatic N) is 1. The summed E-state index contributed by atoms with van der Waals surface area (Å²) in [6.45, 7) is 3.29. The molecule has 1 atom stereocenters. The van der Waals surface area contributed by atoms with Gasteiger partial charge in [0.15, 0.2) is 6.61 Å². The number of hydrazine groups is 1. The minimum atomic E-state index is -0.785. The van der Waals surface area contributed by atoms with E-state index in [-0.39, 0.29) is 23.6 Å². The molecule has 1 fully saturated rings. The third kappa shape index (κ3) is 5.40. The van der Waals surface area contributed by atoms with Crippen molar-refractivity contribution in [2.75, 3.05) is 18.5 Å². The van der Waals surface area contributed by atoms with Gasteiger partial charge in [0, 0.05) is 12.1 Å². The molecule has 2 aromatic carbocycles. The fourth-order valence-corrected chi connectivity index (χ4v) is 3.35. The van der Waals surface area contributed by atoms with Crippen molar-refractivity contribution in [3.63, 3.8) is 0 Å². The van der Waals surface area contributed by atoms with Gasteiger partial charge in [-0.15, -0.1) is 0 Å². The standard InChI is InChI=1S/C22H22ClN3O5/c1-13-6-5-9-18(14(13)2)24-19(27)12-31-22(30)15-10-20(28)26(11-15)25-21(29)16-7-3-4-8-17(16)23/h3-9,15H,10-12H2,1-2H3,(H,24,27)(H,25,29)/t15-/m0/s1. The maximum absolute atomic E-state index is 12.3. The van der Waals surface area contributed by atoms with Gasteiger partial charge in [0.25, 0.3) is 11.8 Å². The number of nitrogens with one attached hydrogen (secondary N) is 2. The van der Waals surface area contributed by atoms with Crippen molar-refractivity contribution in [1.29, 1.82) is 0 Å². The predicted octanol–water partition coefficient (Wildman–Crippen LogP) is 2.63. The summed E-state index contributed by atoms with van der Waals surface area (Å²) in [5.41, 5.74) is 5.26. The normalized spacial score (nSPS) is 15.5. The van der Waals surface area contributed by atoms with E-state index in [1.165, 1.54) is 6.07 Å². The van der Waals surface area contributed by atoms with Gasteiger partial charge in [0.2, 0.25) is 5.91 Å². The molecule has 2 aromatic rings. The molecule has 1 aliphatic heterocycles. The van der Waals surface area contributed by atoms with Crippen molar-refractivity contribution >= 4 is 41.0 Å². The summed E-state index contributed by atoms with van der Waals surface area (Å²) < 4.78 is 5.07. The molecule has 9 heteroatoms. The number of aryl methyl sites for hydroxylation is 1. The van der Waals surface area contributed by atoms with E-state index in [4.69, 9.17) is 16.3 Å². The lowest BCUT2D eigenvalue weighted by molar-refractivity contribution is -0.151. The fourth-order valence-electron chi connectivity index (χ4n) is 3.13.